The number of fused-ring (bicyclic) bond motifs is 1. The number of nitrogens with zero attached hydrogens (tertiary/aromatic N) is 3. The largest absolute Gasteiger partial charge is 0.465 e. The van der Waals surface area contributed by atoms with Crippen molar-refractivity contribution in [3.05, 3.63) is 113 Å². The molecule has 0 amide bonds. The molecule has 0 unspecified atom stereocenters. The topological polar surface area (TPSA) is 116 Å². The van der Waals surface area contributed by atoms with Crippen LogP contribution >= 0.6 is 0 Å². The summed E-state index contributed by atoms with van der Waals surface area (Å²) >= 11 is 0. The van der Waals surface area contributed by atoms with Crippen LogP contribution in [0, 0.1) is 18.3 Å². The molecule has 4 aromatic rings. The minimum atomic E-state index is -0.538. The molecule has 3 heterocycles. The summed E-state index contributed by atoms with van der Waals surface area (Å²) in [7, 11) is 0. The van der Waals surface area contributed by atoms with Crippen molar-refractivity contribution < 1.29 is 18.7 Å². The highest BCUT2D eigenvalue weighted by molar-refractivity contribution is 5.88. The number of rotatable bonds is 5. The van der Waals surface area contributed by atoms with Gasteiger partial charge in [0.15, 0.2) is 0 Å². The number of para-hydroxylation sites is 1. The SMILES string of the molecule is Cc1nn(-c2ccccc2)c2c1[C@@H](c1ccc(OC(=O)/C=C/c3ccco3)cc1)C(C#N)=C(N)O2. The van der Waals surface area contributed by atoms with Gasteiger partial charge in [-0.2, -0.15) is 10.4 Å². The summed E-state index contributed by atoms with van der Waals surface area (Å²) in [6, 6.07) is 22.1. The maximum absolute atomic E-state index is 12.1. The van der Waals surface area contributed by atoms with E-state index in [2.05, 4.69) is 11.2 Å². The minimum Gasteiger partial charge on any atom is -0.465 e. The normalized spacial score (nSPS) is 14.9. The van der Waals surface area contributed by atoms with Gasteiger partial charge >= 0.3 is 5.97 Å². The summed E-state index contributed by atoms with van der Waals surface area (Å²) in [6.45, 7) is 1.87. The van der Waals surface area contributed by atoms with Crippen LogP contribution in [0.15, 0.2) is 94.9 Å². The number of hydrogen-bond donors (Lipinski definition) is 1. The van der Waals surface area contributed by atoms with Gasteiger partial charge in [0.05, 0.1) is 29.1 Å². The zero-order chi connectivity index (χ0) is 24.4. The van der Waals surface area contributed by atoms with E-state index in [0.717, 1.165) is 16.8 Å². The number of benzene rings is 2. The summed E-state index contributed by atoms with van der Waals surface area (Å²) in [5.41, 5.74) is 9.53. The molecule has 0 aliphatic carbocycles. The van der Waals surface area contributed by atoms with Crippen LogP contribution in [-0.2, 0) is 4.79 Å². The first-order valence-corrected chi connectivity index (χ1v) is 10.8. The van der Waals surface area contributed by atoms with Gasteiger partial charge in [0.2, 0.25) is 11.8 Å². The number of allylic oxidation sites excluding steroid dienone is 1. The number of furan rings is 1. The Morgan fingerprint density at radius 3 is 2.60 bits per heavy atom. The summed E-state index contributed by atoms with van der Waals surface area (Å²) < 4.78 is 18.1. The second-order valence-electron chi connectivity index (χ2n) is 7.82. The Morgan fingerprint density at radius 1 is 1.14 bits per heavy atom. The van der Waals surface area contributed by atoms with E-state index in [1.807, 2.05) is 37.3 Å². The molecular weight excluding hydrogens is 444 g/mol. The highest BCUT2D eigenvalue weighted by Crippen LogP contribution is 2.44. The van der Waals surface area contributed by atoms with E-state index >= 15 is 0 Å². The predicted molar refractivity (Wildman–Crippen MR) is 127 cm³/mol. The van der Waals surface area contributed by atoms with Gasteiger partial charge in [0.25, 0.3) is 0 Å². The van der Waals surface area contributed by atoms with E-state index in [-0.39, 0.29) is 5.88 Å². The van der Waals surface area contributed by atoms with Crippen molar-refractivity contribution in [2.45, 2.75) is 12.8 Å². The number of aryl methyl sites for hydroxylation is 1. The lowest BCUT2D eigenvalue weighted by Gasteiger charge is -2.25. The second-order valence-corrected chi connectivity index (χ2v) is 7.82. The third-order valence-corrected chi connectivity index (χ3v) is 5.59. The number of aromatic nitrogens is 2. The Labute approximate surface area is 201 Å². The lowest BCUT2D eigenvalue weighted by Crippen LogP contribution is -2.22. The molecule has 172 valence electrons. The van der Waals surface area contributed by atoms with Crippen LogP contribution in [0.1, 0.15) is 28.5 Å². The average molecular weight is 464 g/mol. The molecule has 0 saturated heterocycles. The first kappa shape index (κ1) is 21.8. The molecule has 0 saturated carbocycles. The highest BCUT2D eigenvalue weighted by atomic mass is 16.5. The molecule has 1 aliphatic heterocycles. The van der Waals surface area contributed by atoms with Gasteiger partial charge < -0.3 is 19.6 Å². The van der Waals surface area contributed by atoms with Crippen molar-refractivity contribution in [3.63, 3.8) is 0 Å². The van der Waals surface area contributed by atoms with Gasteiger partial charge in [-0.1, -0.05) is 30.3 Å². The smallest absolute Gasteiger partial charge is 0.336 e. The summed E-state index contributed by atoms with van der Waals surface area (Å²) in [5.74, 6) is 0.387. The van der Waals surface area contributed by atoms with E-state index in [4.69, 9.17) is 19.6 Å². The fraction of sp³-hybridized carbons (Fsp3) is 0.0741. The summed E-state index contributed by atoms with van der Waals surface area (Å²) in [4.78, 5) is 12.1. The number of nitriles is 1. The Hall–Kier alpha value is -5.03. The van der Waals surface area contributed by atoms with E-state index in [9.17, 15) is 10.1 Å². The number of nitrogens with two attached hydrogens (primary N) is 1. The highest BCUT2D eigenvalue weighted by Gasteiger charge is 2.36. The number of carbonyl (C=O) groups excluding carboxylic acids is 1. The summed E-state index contributed by atoms with van der Waals surface area (Å²) in [6.07, 6.45) is 4.34. The molecule has 0 radical (unpaired) electrons. The number of esters is 1. The molecule has 0 bridgehead atoms. The van der Waals surface area contributed by atoms with Crippen LogP contribution in [0.4, 0.5) is 0 Å². The molecule has 8 nitrogen and oxygen atoms in total. The predicted octanol–water partition coefficient (Wildman–Crippen LogP) is 4.61. The third-order valence-electron chi connectivity index (χ3n) is 5.59. The van der Waals surface area contributed by atoms with Crippen molar-refractivity contribution in [2.24, 2.45) is 5.73 Å². The van der Waals surface area contributed by atoms with Gasteiger partial charge in [-0.3, -0.25) is 0 Å². The van der Waals surface area contributed by atoms with E-state index in [0.29, 0.717) is 28.7 Å². The molecule has 0 fully saturated rings. The molecule has 2 aromatic carbocycles. The molecule has 2 aromatic heterocycles. The standard InChI is InChI=1S/C27H20N4O4/c1-17-24-25(18-9-11-21(12-10-18)34-23(32)14-13-20-8-5-15-33-20)22(16-28)26(29)35-27(24)31(30-17)19-6-3-2-4-7-19/h2-15,25H,29H2,1H3/b14-13+/t25-/m0/s1. The maximum Gasteiger partial charge on any atom is 0.336 e. The second kappa shape index (κ2) is 9.08. The molecule has 2 N–H and O–H groups in total. The van der Waals surface area contributed by atoms with Crippen LogP contribution in [0.2, 0.25) is 0 Å². The Bertz CT molecular complexity index is 1470. The monoisotopic (exact) mass is 464 g/mol. The molecule has 8 heteroatoms. The van der Waals surface area contributed by atoms with Gasteiger partial charge in [0, 0.05) is 6.08 Å². The van der Waals surface area contributed by atoms with Crippen LogP contribution < -0.4 is 15.2 Å². The fourth-order valence-corrected chi connectivity index (χ4v) is 4.01. The van der Waals surface area contributed by atoms with Gasteiger partial charge in [0.1, 0.15) is 23.2 Å². The first-order valence-electron chi connectivity index (χ1n) is 10.8. The van der Waals surface area contributed by atoms with Crippen LogP contribution in [-0.4, -0.2) is 15.7 Å². The quantitative estimate of drug-likeness (QED) is 0.260. The van der Waals surface area contributed by atoms with E-state index in [1.165, 1.54) is 18.4 Å². The van der Waals surface area contributed by atoms with E-state index in [1.54, 1.807) is 41.1 Å². The molecule has 1 atom stereocenters. The molecular formula is C27H20N4O4. The molecule has 0 spiro atoms. The lowest BCUT2D eigenvalue weighted by atomic mass is 9.84. The Balaban J connectivity index is 1.46. The van der Waals surface area contributed by atoms with Crippen LogP contribution in [0.25, 0.3) is 11.8 Å². The molecule has 1 aliphatic rings. The van der Waals surface area contributed by atoms with Gasteiger partial charge in [-0.25, -0.2) is 9.48 Å². The zero-order valence-corrected chi connectivity index (χ0v) is 18.7. The number of ether oxygens (including phenoxy) is 2. The number of hydrogen-bond acceptors (Lipinski definition) is 7. The number of carbonyl (C=O) groups is 1. The van der Waals surface area contributed by atoms with Gasteiger partial charge in [-0.15, -0.1) is 0 Å². The van der Waals surface area contributed by atoms with Gasteiger partial charge in [-0.05, 0) is 55.0 Å². The Morgan fingerprint density at radius 2 is 1.91 bits per heavy atom. The average Bonchev–Trinajstić information content (AvgIpc) is 3.51. The van der Waals surface area contributed by atoms with Crippen molar-refractivity contribution in [3.8, 4) is 23.4 Å². The maximum atomic E-state index is 12.1. The fourth-order valence-electron chi connectivity index (χ4n) is 4.01. The summed E-state index contributed by atoms with van der Waals surface area (Å²) in [5, 5.41) is 14.5. The van der Waals surface area contributed by atoms with Crippen molar-refractivity contribution in [1.29, 1.82) is 5.26 Å². The van der Waals surface area contributed by atoms with Crippen molar-refractivity contribution in [2.75, 3.05) is 0 Å². The molecule has 5 rings (SSSR count). The minimum absolute atomic E-state index is 0.0284. The zero-order valence-electron chi connectivity index (χ0n) is 18.7. The Kier molecular flexibility index (Phi) is 5.65. The third kappa shape index (κ3) is 4.18. The van der Waals surface area contributed by atoms with Crippen molar-refractivity contribution in [1.82, 2.24) is 9.78 Å². The molecule has 35 heavy (non-hydrogen) atoms. The van der Waals surface area contributed by atoms with Crippen LogP contribution in [0.3, 0.4) is 0 Å². The van der Waals surface area contributed by atoms with E-state index < -0.39 is 11.9 Å². The lowest BCUT2D eigenvalue weighted by molar-refractivity contribution is -0.128. The first-order chi connectivity index (χ1) is 17.0. The van der Waals surface area contributed by atoms with Crippen LogP contribution in [0.5, 0.6) is 11.6 Å². The van der Waals surface area contributed by atoms with Crippen molar-refractivity contribution >= 4 is 12.0 Å².